The highest BCUT2D eigenvalue weighted by Gasteiger charge is 2.25. The molecule has 1 aromatic carbocycles. The van der Waals surface area contributed by atoms with Gasteiger partial charge in [-0.05, 0) is 57.7 Å². The Hall–Kier alpha value is -3.03. The minimum absolute atomic E-state index is 0.0655. The van der Waals surface area contributed by atoms with Crippen molar-refractivity contribution in [1.29, 1.82) is 0 Å². The highest BCUT2D eigenvalue weighted by atomic mass is 16.5. The molecule has 1 aromatic heterocycles. The smallest absolute Gasteiger partial charge is 0.319 e. The number of ether oxygens (including phenoxy) is 3. The fraction of sp³-hybridized carbons (Fsp3) is 0.476. The van der Waals surface area contributed by atoms with Crippen molar-refractivity contribution in [3.8, 4) is 17.5 Å². The van der Waals surface area contributed by atoms with Crippen LogP contribution in [0.1, 0.15) is 37.1 Å². The number of rotatable bonds is 6. The first-order chi connectivity index (χ1) is 14.0. The number of methoxy groups -OCH3 is 2. The predicted octanol–water partition coefficient (Wildman–Crippen LogP) is 3.62. The number of amides is 2. The van der Waals surface area contributed by atoms with Crippen LogP contribution in [0.5, 0.6) is 17.5 Å². The van der Waals surface area contributed by atoms with Crippen molar-refractivity contribution in [3.63, 3.8) is 0 Å². The number of hydrogen-bond donors (Lipinski definition) is 2. The molecule has 2 N–H and O–H groups in total. The molecule has 8 nitrogen and oxygen atoms in total. The second-order valence-electron chi connectivity index (χ2n) is 7.16. The number of anilines is 1. The van der Waals surface area contributed by atoms with Gasteiger partial charge in [0.15, 0.2) is 11.5 Å². The lowest BCUT2D eigenvalue weighted by molar-refractivity contribution is 0.129. The van der Waals surface area contributed by atoms with Crippen molar-refractivity contribution < 1.29 is 19.0 Å². The predicted molar refractivity (Wildman–Crippen MR) is 110 cm³/mol. The Morgan fingerprint density at radius 3 is 2.34 bits per heavy atom. The molecule has 1 saturated carbocycles. The van der Waals surface area contributed by atoms with Crippen LogP contribution in [0.2, 0.25) is 0 Å². The highest BCUT2D eigenvalue weighted by Crippen LogP contribution is 2.34. The van der Waals surface area contributed by atoms with Crippen LogP contribution in [-0.4, -0.2) is 42.4 Å². The van der Waals surface area contributed by atoms with E-state index in [0.29, 0.717) is 23.2 Å². The largest absolute Gasteiger partial charge is 0.493 e. The van der Waals surface area contributed by atoms with Gasteiger partial charge in [0.2, 0.25) is 0 Å². The Kier molecular flexibility index (Phi) is 6.74. The van der Waals surface area contributed by atoms with E-state index in [0.717, 1.165) is 37.1 Å². The quantitative estimate of drug-likeness (QED) is 0.769. The second kappa shape index (κ2) is 9.45. The molecule has 1 aliphatic carbocycles. The van der Waals surface area contributed by atoms with Crippen molar-refractivity contribution in [3.05, 3.63) is 35.7 Å². The minimum atomic E-state index is -0.265. The molecule has 3 rings (SSSR count). The highest BCUT2D eigenvalue weighted by molar-refractivity contribution is 5.91. The fourth-order valence-corrected chi connectivity index (χ4v) is 3.55. The molecule has 0 aliphatic heterocycles. The maximum Gasteiger partial charge on any atom is 0.319 e. The monoisotopic (exact) mass is 400 g/mol. The molecule has 0 unspecified atom stereocenters. The van der Waals surface area contributed by atoms with Crippen LogP contribution in [0.25, 0.3) is 0 Å². The van der Waals surface area contributed by atoms with E-state index in [1.807, 2.05) is 19.9 Å². The van der Waals surface area contributed by atoms with E-state index in [1.54, 1.807) is 32.4 Å². The number of aromatic nitrogens is 2. The summed E-state index contributed by atoms with van der Waals surface area (Å²) < 4.78 is 16.6. The number of nitrogens with zero attached hydrogens (tertiary/aromatic N) is 2. The van der Waals surface area contributed by atoms with Gasteiger partial charge in [-0.3, -0.25) is 0 Å². The average Bonchev–Trinajstić information content (AvgIpc) is 2.68. The van der Waals surface area contributed by atoms with Gasteiger partial charge in [0.1, 0.15) is 6.10 Å². The van der Waals surface area contributed by atoms with Crippen molar-refractivity contribution in [1.82, 2.24) is 15.3 Å². The summed E-state index contributed by atoms with van der Waals surface area (Å²) in [5.41, 5.74) is 2.35. The standard InChI is InChI=1S/C21H28N4O4/c1-13-12-14(2)23-21(22-13)29-16-10-8-15(9-11-16)24-20(26)25-17-6-5-7-18(27-3)19(17)28-4/h5-7,12,15-16H,8-11H2,1-4H3,(H2,24,25,26). The molecule has 156 valence electrons. The van der Waals surface area contributed by atoms with E-state index in [2.05, 4.69) is 20.6 Å². The molecule has 2 amide bonds. The fourth-order valence-electron chi connectivity index (χ4n) is 3.55. The molecule has 8 heteroatoms. The lowest BCUT2D eigenvalue weighted by Gasteiger charge is -2.29. The topological polar surface area (TPSA) is 94.6 Å². The molecular weight excluding hydrogens is 372 g/mol. The van der Waals surface area contributed by atoms with Crippen molar-refractivity contribution >= 4 is 11.7 Å². The molecule has 0 bridgehead atoms. The van der Waals surface area contributed by atoms with E-state index in [9.17, 15) is 4.79 Å². The summed E-state index contributed by atoms with van der Waals surface area (Å²) in [7, 11) is 3.10. The summed E-state index contributed by atoms with van der Waals surface area (Å²) in [5, 5.41) is 5.87. The van der Waals surface area contributed by atoms with Crippen LogP contribution in [0.3, 0.4) is 0 Å². The summed E-state index contributed by atoms with van der Waals surface area (Å²) in [4.78, 5) is 21.1. The molecular formula is C21H28N4O4. The van der Waals surface area contributed by atoms with Gasteiger partial charge in [0.05, 0.1) is 19.9 Å². The third kappa shape index (κ3) is 5.49. The number of urea groups is 1. The van der Waals surface area contributed by atoms with Gasteiger partial charge in [-0.1, -0.05) is 6.07 Å². The number of para-hydroxylation sites is 1. The zero-order valence-electron chi connectivity index (χ0n) is 17.3. The lowest BCUT2D eigenvalue weighted by Crippen LogP contribution is -2.41. The van der Waals surface area contributed by atoms with Gasteiger partial charge in [0, 0.05) is 17.4 Å². The molecule has 29 heavy (non-hydrogen) atoms. The Labute approximate surface area is 171 Å². The Morgan fingerprint density at radius 1 is 1.03 bits per heavy atom. The van der Waals surface area contributed by atoms with Gasteiger partial charge in [0.25, 0.3) is 0 Å². The molecule has 1 fully saturated rings. The third-order valence-corrected chi connectivity index (χ3v) is 4.89. The Morgan fingerprint density at radius 2 is 1.72 bits per heavy atom. The maximum atomic E-state index is 12.4. The van der Waals surface area contributed by atoms with E-state index in [1.165, 1.54) is 0 Å². The SMILES string of the molecule is COc1cccc(NC(=O)NC2CCC(Oc3nc(C)cc(C)n3)CC2)c1OC. The lowest BCUT2D eigenvalue weighted by atomic mass is 9.93. The molecule has 1 heterocycles. The van der Waals surface area contributed by atoms with Crippen molar-refractivity contribution in [2.75, 3.05) is 19.5 Å². The zero-order valence-corrected chi connectivity index (χ0v) is 17.3. The number of carbonyl (C=O) groups is 1. The molecule has 0 radical (unpaired) electrons. The van der Waals surface area contributed by atoms with Crippen LogP contribution >= 0.6 is 0 Å². The average molecular weight is 400 g/mol. The number of carbonyl (C=O) groups excluding carboxylic acids is 1. The van der Waals surface area contributed by atoms with Gasteiger partial charge in [-0.25, -0.2) is 14.8 Å². The molecule has 0 saturated heterocycles. The van der Waals surface area contributed by atoms with E-state index in [-0.39, 0.29) is 18.2 Å². The number of nitrogens with one attached hydrogen (secondary N) is 2. The van der Waals surface area contributed by atoms with Crippen LogP contribution in [0.15, 0.2) is 24.3 Å². The van der Waals surface area contributed by atoms with Gasteiger partial charge in [-0.15, -0.1) is 0 Å². The van der Waals surface area contributed by atoms with Crippen molar-refractivity contribution in [2.45, 2.75) is 51.7 Å². The first kappa shape index (κ1) is 20.7. The molecule has 2 aromatic rings. The summed E-state index contributed by atoms with van der Waals surface area (Å²) in [6.07, 6.45) is 3.40. The summed E-state index contributed by atoms with van der Waals surface area (Å²) >= 11 is 0. The molecule has 0 atom stereocenters. The first-order valence-electron chi connectivity index (χ1n) is 9.76. The van der Waals surface area contributed by atoms with Crippen molar-refractivity contribution in [2.24, 2.45) is 0 Å². The summed E-state index contributed by atoms with van der Waals surface area (Å²) in [6.45, 7) is 3.86. The van der Waals surface area contributed by atoms with E-state index >= 15 is 0 Å². The Bertz CT molecular complexity index is 830. The number of aryl methyl sites for hydroxylation is 2. The van der Waals surface area contributed by atoms with Crippen LogP contribution < -0.4 is 24.8 Å². The third-order valence-electron chi connectivity index (χ3n) is 4.89. The van der Waals surface area contributed by atoms with E-state index in [4.69, 9.17) is 14.2 Å². The van der Waals surface area contributed by atoms with E-state index < -0.39 is 0 Å². The van der Waals surface area contributed by atoms with Crippen LogP contribution in [0.4, 0.5) is 10.5 Å². The zero-order chi connectivity index (χ0) is 20.8. The minimum Gasteiger partial charge on any atom is -0.493 e. The summed E-state index contributed by atoms with van der Waals surface area (Å²) in [5.74, 6) is 1.06. The molecule has 0 spiro atoms. The second-order valence-corrected chi connectivity index (χ2v) is 7.16. The number of hydrogen-bond acceptors (Lipinski definition) is 6. The van der Waals surface area contributed by atoms with Gasteiger partial charge in [-0.2, -0.15) is 0 Å². The normalized spacial score (nSPS) is 18.6. The maximum absolute atomic E-state index is 12.4. The van der Waals surface area contributed by atoms with Crippen LogP contribution in [-0.2, 0) is 0 Å². The Balaban J connectivity index is 1.50. The van der Waals surface area contributed by atoms with Gasteiger partial charge < -0.3 is 24.8 Å². The van der Waals surface area contributed by atoms with Crippen LogP contribution in [0, 0.1) is 13.8 Å². The summed E-state index contributed by atoms with van der Waals surface area (Å²) in [6, 6.07) is 7.53. The first-order valence-corrected chi connectivity index (χ1v) is 9.76. The van der Waals surface area contributed by atoms with Gasteiger partial charge >= 0.3 is 12.0 Å². The molecule has 1 aliphatic rings. The number of benzene rings is 1.